The number of Topliss-reactive ketones (excluding diaryl/α,β-unsaturated/α-hetero) is 1. The van der Waals surface area contributed by atoms with Gasteiger partial charge in [-0.2, -0.15) is 35.3 Å². The molecule has 0 spiro atoms. The minimum absolute atomic E-state index is 0. The van der Waals surface area contributed by atoms with Gasteiger partial charge in [-0.1, -0.05) is 113 Å². The van der Waals surface area contributed by atoms with Gasteiger partial charge in [-0.15, -0.1) is 11.8 Å². The van der Waals surface area contributed by atoms with Crippen LogP contribution in [0.1, 0.15) is 90.5 Å². The van der Waals surface area contributed by atoms with Crippen LogP contribution in [0.4, 0.5) is 0 Å². The molecule has 0 fully saturated rings. The highest BCUT2D eigenvalue weighted by Crippen LogP contribution is 2.19. The molecule has 0 atom stereocenters. The van der Waals surface area contributed by atoms with Crippen LogP contribution >= 0.6 is 165 Å². The Labute approximate surface area is 346 Å². The Kier molecular flexibility index (Phi) is 167. The minimum atomic E-state index is 0. The summed E-state index contributed by atoms with van der Waals surface area (Å²) in [7, 11) is 7.70. The first kappa shape index (κ1) is 72.5. The lowest BCUT2D eigenvalue weighted by atomic mass is 10.4. The smallest absolute Gasteiger partial charge is 0.217 e. The zero-order valence-electron chi connectivity index (χ0n) is 26.9. The number of halogens is 4. The summed E-state index contributed by atoms with van der Waals surface area (Å²) in [6.07, 6.45) is 4.93. The van der Waals surface area contributed by atoms with Crippen LogP contribution < -0.4 is 5.32 Å². The first-order valence-corrected chi connectivity index (χ1v) is 35.5. The van der Waals surface area contributed by atoms with Gasteiger partial charge in [0.1, 0.15) is 5.78 Å². The summed E-state index contributed by atoms with van der Waals surface area (Å²) < 4.78 is 0. The zero-order chi connectivity index (χ0) is 33.3. The van der Waals surface area contributed by atoms with E-state index in [9.17, 15) is 9.59 Å². The van der Waals surface area contributed by atoms with Crippen LogP contribution in [0.2, 0.25) is 0 Å². The number of hydrogen-bond acceptors (Lipinski definition) is 10. The Hall–Kier alpha value is 4.86. The predicted molar refractivity (Wildman–Crippen MR) is 265 cm³/mol. The molecule has 0 bridgehead atoms. The van der Waals surface area contributed by atoms with E-state index in [1.165, 1.54) is 41.4 Å². The summed E-state index contributed by atoms with van der Waals surface area (Å²) in [5.41, 5.74) is 0. The van der Waals surface area contributed by atoms with E-state index >= 15 is 0 Å². The van der Waals surface area contributed by atoms with Crippen LogP contribution in [0.5, 0.6) is 0 Å². The van der Waals surface area contributed by atoms with Gasteiger partial charge in [0.2, 0.25) is 5.91 Å². The molecule has 1 amide bonds. The fourth-order valence-electron chi connectivity index (χ4n) is 0.948. The molecule has 0 aromatic carbocycles. The number of nitrogens with one attached hydrogen (secondary N) is 1. The van der Waals surface area contributed by atoms with Crippen molar-refractivity contribution in [2.75, 3.05) is 70.2 Å². The average Bonchev–Trinajstić information content (AvgIpc) is 2.98. The molecule has 0 aromatic heterocycles. The molecule has 0 saturated heterocycles. The van der Waals surface area contributed by atoms with E-state index in [2.05, 4.69) is 148 Å². The van der Waals surface area contributed by atoms with Gasteiger partial charge in [0.25, 0.3) is 0 Å². The van der Waals surface area contributed by atoms with Gasteiger partial charge in [0.05, 0.1) is 5.88 Å². The highest BCUT2D eigenvalue weighted by molar-refractivity contribution is 15.0. The molecule has 3 nitrogen and oxygen atoms in total. The first-order chi connectivity index (χ1) is 19.2. The van der Waals surface area contributed by atoms with Gasteiger partial charge in [-0.05, 0) is 42.4 Å². The van der Waals surface area contributed by atoms with Crippen molar-refractivity contribution in [3.63, 3.8) is 0 Å². The summed E-state index contributed by atoms with van der Waals surface area (Å²) in [6.45, 7) is 20.3. The lowest BCUT2D eigenvalue weighted by molar-refractivity contribution is -0.118. The molecule has 15 heteroatoms. The van der Waals surface area contributed by atoms with E-state index in [1.807, 2.05) is 78.5 Å². The maximum atomic E-state index is 10.3. The Morgan fingerprint density at radius 3 is 1.00 bits per heavy atom. The number of carbonyl (C=O) groups is 2. The third-order valence-corrected chi connectivity index (χ3v) is 10.6. The molecule has 0 rings (SSSR count). The van der Waals surface area contributed by atoms with Gasteiger partial charge in [0.15, 0.2) is 0 Å². The third kappa shape index (κ3) is 165. The van der Waals surface area contributed by atoms with Gasteiger partial charge in [0, 0.05) is 117 Å². The van der Waals surface area contributed by atoms with E-state index in [-0.39, 0.29) is 20.8 Å². The van der Waals surface area contributed by atoms with E-state index < -0.39 is 0 Å². The van der Waals surface area contributed by atoms with Crippen molar-refractivity contribution in [1.82, 2.24) is 5.32 Å². The fraction of sp³-hybridized carbons (Fsp3) is 0.926. The van der Waals surface area contributed by atoms with Crippen molar-refractivity contribution >= 4 is 176 Å². The van der Waals surface area contributed by atoms with E-state index in [1.54, 1.807) is 18.7 Å². The molecule has 0 aliphatic carbocycles. The van der Waals surface area contributed by atoms with Crippen molar-refractivity contribution in [2.24, 2.45) is 0 Å². The Morgan fingerprint density at radius 1 is 0.548 bits per heavy atom. The molecule has 0 unspecified atom stereocenters. The molecule has 42 heavy (non-hydrogen) atoms. The summed E-state index contributed by atoms with van der Waals surface area (Å²) in [4.78, 5) is 20.5. The van der Waals surface area contributed by atoms with Crippen molar-refractivity contribution in [2.45, 2.75) is 90.5 Å². The summed E-state index contributed by atoms with van der Waals surface area (Å²) in [5.74, 6) is 11.7. The largest absolute Gasteiger partial charge is 0.347 e. The lowest BCUT2D eigenvalue weighted by Gasteiger charge is -1.96. The molecule has 0 saturated carbocycles. The monoisotopic (exact) mass is 1200 g/mol. The molecule has 0 heterocycles. The maximum Gasteiger partial charge on any atom is 0.217 e. The number of hydrogen-bond donors (Lipinski definition) is 1. The van der Waals surface area contributed by atoms with Crippen LogP contribution in [0.3, 0.4) is 0 Å². The third-order valence-electron chi connectivity index (χ3n) is 2.65. The highest BCUT2D eigenvalue weighted by atomic mass is 128. The number of ketones is 1. The number of rotatable bonds is 15. The highest BCUT2D eigenvalue weighted by Gasteiger charge is 1.90. The number of amides is 1. The normalized spacial score (nSPS) is 7.71. The molecular weight excluding hydrogens is 1130 g/mol. The Balaban J connectivity index is -0.0000000359. The van der Waals surface area contributed by atoms with Crippen LogP contribution in [-0.4, -0.2) is 81.9 Å². The van der Waals surface area contributed by atoms with E-state index in [4.69, 9.17) is 0 Å². The second-order valence-corrected chi connectivity index (χ2v) is 16.9. The van der Waals surface area contributed by atoms with E-state index in [0.717, 1.165) is 29.6 Å². The van der Waals surface area contributed by atoms with Crippen LogP contribution in [0.15, 0.2) is 0 Å². The quantitative estimate of drug-likeness (QED) is 0.0743. The molecule has 0 aliphatic rings. The fourth-order valence-corrected chi connectivity index (χ4v) is 4.84. The molecule has 1 N–H and O–H groups in total. The topological polar surface area (TPSA) is 46.2 Å². The summed E-state index contributed by atoms with van der Waals surface area (Å²) in [5, 5.41) is 2.67. The lowest BCUT2D eigenvalue weighted by Crippen LogP contribution is -2.18. The standard InChI is InChI=1S/C6H12OS.C5H11NOS.2C4H10S2.2C3H8S.2CH4.2I2/c1-3-8-5-4-6(2)7;1-3-8-4-6-5(2)7;2*1-3-5-6-4-2;2*1-3-4-2;;;2*1-2/h3-5H2,1-2H3;3-4H2,1-2H3,(H,6,7);2*3-4H2,1-2H3;2*3H2,1-2H3;2*1H4;;. The van der Waals surface area contributed by atoms with E-state index in [0.29, 0.717) is 5.78 Å². The van der Waals surface area contributed by atoms with Gasteiger partial charge in [-0.25, -0.2) is 0 Å². The number of thioether (sulfide) groups is 4. The summed E-state index contributed by atoms with van der Waals surface area (Å²) >= 11 is 15.7. The second-order valence-electron chi connectivity index (χ2n) is 5.80. The number of carbonyl (C=O) groups excluding carboxylic acids is 2. The molecule has 268 valence electrons. The zero-order valence-corrected chi connectivity index (χ0v) is 42.0. The average molecular weight is 1200 g/mol. The van der Waals surface area contributed by atoms with Crippen LogP contribution in [0.25, 0.3) is 0 Å². The molecule has 0 aliphatic heterocycles. The maximum absolute atomic E-state index is 10.3. The SMILES string of the molecule is C.C.CCSC.CCSC.CCSCCC(C)=O.CCSCNC(C)=O.CCSSCC.CCSSCC.II.II. The van der Waals surface area contributed by atoms with Crippen molar-refractivity contribution in [3.05, 3.63) is 0 Å². The Bertz CT molecular complexity index is 332. The van der Waals surface area contributed by atoms with Gasteiger partial charge in [-0.3, -0.25) is 9.59 Å². The predicted octanol–water partition coefficient (Wildman–Crippen LogP) is 14.9. The van der Waals surface area contributed by atoms with Gasteiger partial charge < -0.3 is 5.32 Å². The second kappa shape index (κ2) is 96.9. The van der Waals surface area contributed by atoms with Gasteiger partial charge >= 0.3 is 0 Å². The van der Waals surface area contributed by atoms with Crippen molar-refractivity contribution in [1.29, 1.82) is 0 Å². The molecule has 0 aromatic rings. The van der Waals surface area contributed by atoms with Crippen LogP contribution in [-0.2, 0) is 9.59 Å². The summed E-state index contributed by atoms with van der Waals surface area (Å²) in [6, 6.07) is 0. The van der Waals surface area contributed by atoms with Crippen LogP contribution in [0, 0.1) is 0 Å². The minimum Gasteiger partial charge on any atom is -0.347 e. The van der Waals surface area contributed by atoms with Crippen molar-refractivity contribution < 1.29 is 9.59 Å². The first-order valence-electron chi connectivity index (χ1n) is 12.8. The molecule has 0 radical (unpaired) electrons. The van der Waals surface area contributed by atoms with Crippen molar-refractivity contribution in [3.8, 4) is 0 Å². The Morgan fingerprint density at radius 2 is 0.833 bits per heavy atom. The molecular formula is C27H67I4NO2S8.